The molecule has 14 heteroatoms. The number of non-ortho nitro benzene ring substituents is 1. The lowest BCUT2D eigenvalue weighted by molar-refractivity contribution is -0.394. The fraction of sp³-hybridized carbons (Fsp3) is 0.148. The number of ether oxygens (including phenoxy) is 2. The number of nitrogens with zero attached hydrogens (tertiary/aromatic N) is 3. The molecule has 0 saturated carbocycles. The molecule has 210 valence electrons. The van der Waals surface area contributed by atoms with Crippen molar-refractivity contribution in [2.75, 3.05) is 19.0 Å². The topological polar surface area (TPSA) is 171 Å². The van der Waals surface area contributed by atoms with Gasteiger partial charge in [0.2, 0.25) is 11.7 Å². The lowest BCUT2D eigenvalue weighted by Crippen LogP contribution is -2.36. The van der Waals surface area contributed by atoms with Gasteiger partial charge < -0.3 is 14.8 Å². The number of benzene rings is 3. The molecule has 3 aromatic carbocycles. The molecular formula is C27H22N4O9S. The number of nitro groups is 2. The van der Waals surface area contributed by atoms with E-state index in [0.717, 1.165) is 34.2 Å². The average Bonchev–Trinajstić information content (AvgIpc) is 3.18. The first kappa shape index (κ1) is 28.8. The molecule has 0 unspecified atom stereocenters. The van der Waals surface area contributed by atoms with Crippen LogP contribution in [0.1, 0.15) is 16.7 Å². The molecule has 1 aliphatic rings. The lowest BCUT2D eigenvalue weighted by Gasteiger charge is -2.14. The summed E-state index contributed by atoms with van der Waals surface area (Å²) in [6, 6.07) is 12.9. The predicted octanol–water partition coefficient (Wildman–Crippen LogP) is 5.60. The maximum atomic E-state index is 12.9. The van der Waals surface area contributed by atoms with Crippen LogP contribution in [-0.2, 0) is 9.59 Å². The van der Waals surface area contributed by atoms with E-state index in [2.05, 4.69) is 5.32 Å². The van der Waals surface area contributed by atoms with Crippen molar-refractivity contribution >= 4 is 52.0 Å². The summed E-state index contributed by atoms with van der Waals surface area (Å²) in [6.45, 7) is 3.30. The van der Waals surface area contributed by atoms with Crippen molar-refractivity contribution in [2.45, 2.75) is 13.8 Å². The van der Waals surface area contributed by atoms with Gasteiger partial charge >= 0.3 is 5.69 Å². The van der Waals surface area contributed by atoms with Gasteiger partial charge in [0.15, 0.2) is 11.5 Å². The number of aryl methyl sites for hydroxylation is 2. The normalized spacial score (nSPS) is 13.8. The Balaban J connectivity index is 1.51. The summed E-state index contributed by atoms with van der Waals surface area (Å²) >= 11 is 0.676. The second-order valence-electron chi connectivity index (χ2n) is 8.81. The van der Waals surface area contributed by atoms with Crippen LogP contribution >= 0.6 is 11.8 Å². The second-order valence-corrected chi connectivity index (χ2v) is 9.81. The molecule has 1 fully saturated rings. The van der Waals surface area contributed by atoms with Crippen molar-refractivity contribution in [3.63, 3.8) is 0 Å². The zero-order chi connectivity index (χ0) is 29.8. The van der Waals surface area contributed by atoms with Gasteiger partial charge in [0.1, 0.15) is 6.54 Å². The standard InChI is InChI=1S/C27H22N4O9S/c1-15-4-7-19(16(2)10-15)28-25(32)14-29-26(33)24(41-27(29)34)12-17-5-8-22(23(11-17)39-3)40-21-9-6-18(30(35)36)13-20(21)31(37)38/h4-13H,14H2,1-3H3,(H,28,32)/b24-12+. The highest BCUT2D eigenvalue weighted by Crippen LogP contribution is 2.39. The van der Waals surface area contributed by atoms with Crippen LogP contribution < -0.4 is 14.8 Å². The molecule has 1 saturated heterocycles. The van der Waals surface area contributed by atoms with Crippen LogP contribution in [0.25, 0.3) is 6.08 Å². The van der Waals surface area contributed by atoms with Crippen molar-refractivity contribution in [3.05, 3.63) is 96.4 Å². The number of nitrogens with one attached hydrogen (secondary N) is 1. The number of nitro benzene ring substituents is 2. The Hall–Kier alpha value is -5.24. The molecule has 1 heterocycles. The van der Waals surface area contributed by atoms with Crippen LogP contribution in [0.15, 0.2) is 59.5 Å². The third-order valence-corrected chi connectivity index (χ3v) is 6.79. The Bertz CT molecular complexity index is 1640. The maximum absolute atomic E-state index is 12.9. The minimum Gasteiger partial charge on any atom is -0.493 e. The second kappa shape index (κ2) is 11.9. The Morgan fingerprint density at radius 1 is 0.976 bits per heavy atom. The molecule has 1 N–H and O–H groups in total. The Kier molecular flexibility index (Phi) is 8.33. The molecule has 0 aromatic heterocycles. The number of methoxy groups -OCH3 is 1. The van der Waals surface area contributed by atoms with Gasteiger partial charge in [-0.25, -0.2) is 0 Å². The first-order valence-corrected chi connectivity index (χ1v) is 12.7. The van der Waals surface area contributed by atoms with Crippen molar-refractivity contribution in [2.24, 2.45) is 0 Å². The number of carbonyl (C=O) groups is 3. The van der Waals surface area contributed by atoms with E-state index in [1.807, 2.05) is 26.0 Å². The number of rotatable bonds is 9. The largest absolute Gasteiger partial charge is 0.493 e. The van der Waals surface area contributed by atoms with E-state index in [0.29, 0.717) is 23.0 Å². The molecule has 13 nitrogen and oxygen atoms in total. The average molecular weight is 579 g/mol. The highest BCUT2D eigenvalue weighted by atomic mass is 32.2. The molecule has 0 radical (unpaired) electrons. The number of carbonyl (C=O) groups excluding carboxylic acids is 3. The summed E-state index contributed by atoms with van der Waals surface area (Å²) in [6.07, 6.45) is 1.44. The van der Waals surface area contributed by atoms with E-state index < -0.39 is 44.8 Å². The molecule has 0 atom stereocenters. The van der Waals surface area contributed by atoms with Gasteiger partial charge in [-0.05, 0) is 67.1 Å². The zero-order valence-electron chi connectivity index (χ0n) is 21.9. The minimum atomic E-state index is -0.804. The van der Waals surface area contributed by atoms with Crippen LogP contribution in [0, 0.1) is 34.1 Å². The van der Waals surface area contributed by atoms with E-state index in [4.69, 9.17) is 9.47 Å². The predicted molar refractivity (Wildman–Crippen MR) is 150 cm³/mol. The fourth-order valence-corrected chi connectivity index (χ4v) is 4.74. The van der Waals surface area contributed by atoms with Crippen molar-refractivity contribution < 1.29 is 33.7 Å². The van der Waals surface area contributed by atoms with Gasteiger partial charge in [-0.3, -0.25) is 39.5 Å². The van der Waals surface area contributed by atoms with Gasteiger partial charge in [-0.1, -0.05) is 23.8 Å². The van der Waals surface area contributed by atoms with Crippen molar-refractivity contribution in [1.82, 2.24) is 4.90 Å². The molecule has 41 heavy (non-hydrogen) atoms. The smallest absolute Gasteiger partial charge is 0.318 e. The van der Waals surface area contributed by atoms with E-state index >= 15 is 0 Å². The number of imide groups is 1. The summed E-state index contributed by atoms with van der Waals surface area (Å²) in [5.74, 6) is -1.20. The molecular weight excluding hydrogens is 556 g/mol. The van der Waals surface area contributed by atoms with Gasteiger partial charge in [0.05, 0.1) is 27.9 Å². The molecule has 4 rings (SSSR count). The van der Waals surface area contributed by atoms with Crippen molar-refractivity contribution in [3.8, 4) is 17.2 Å². The fourth-order valence-electron chi connectivity index (χ4n) is 3.90. The number of thioether (sulfide) groups is 1. The molecule has 3 aromatic rings. The quantitative estimate of drug-likeness (QED) is 0.191. The summed E-state index contributed by atoms with van der Waals surface area (Å²) < 4.78 is 11.0. The highest BCUT2D eigenvalue weighted by molar-refractivity contribution is 8.18. The van der Waals surface area contributed by atoms with Crippen LogP contribution in [-0.4, -0.2) is 45.5 Å². The first-order valence-electron chi connectivity index (χ1n) is 11.9. The van der Waals surface area contributed by atoms with Gasteiger partial charge in [0, 0.05) is 11.8 Å². The van der Waals surface area contributed by atoms with Crippen LogP contribution in [0.2, 0.25) is 0 Å². The van der Waals surface area contributed by atoms with E-state index in [1.54, 1.807) is 6.07 Å². The summed E-state index contributed by atoms with van der Waals surface area (Å²) in [7, 11) is 1.33. The number of hydrogen-bond donors (Lipinski definition) is 1. The number of hydrogen-bond acceptors (Lipinski definition) is 10. The summed E-state index contributed by atoms with van der Waals surface area (Å²) in [5.41, 5.74) is 1.82. The molecule has 0 bridgehead atoms. The third kappa shape index (κ3) is 6.50. The van der Waals surface area contributed by atoms with Crippen molar-refractivity contribution in [1.29, 1.82) is 0 Å². The van der Waals surface area contributed by atoms with Crippen LogP contribution in [0.4, 0.5) is 21.9 Å². The highest BCUT2D eigenvalue weighted by Gasteiger charge is 2.36. The first-order chi connectivity index (χ1) is 19.5. The third-order valence-electron chi connectivity index (χ3n) is 5.89. The van der Waals surface area contributed by atoms with Crippen LogP contribution in [0.3, 0.4) is 0 Å². The number of amides is 3. The summed E-state index contributed by atoms with van der Waals surface area (Å²) in [4.78, 5) is 59.8. The summed E-state index contributed by atoms with van der Waals surface area (Å²) in [5, 5.41) is 24.5. The lowest BCUT2D eigenvalue weighted by atomic mass is 10.1. The Morgan fingerprint density at radius 2 is 1.71 bits per heavy atom. The SMILES string of the molecule is COc1cc(/C=C2/SC(=O)N(CC(=O)Nc3ccc(C)cc3C)C2=O)ccc1Oc1ccc([N+](=O)[O-])cc1[N+](=O)[O-]. The van der Waals surface area contributed by atoms with Crippen LogP contribution in [0.5, 0.6) is 17.2 Å². The Labute approximate surface area is 237 Å². The molecule has 3 amide bonds. The monoisotopic (exact) mass is 578 g/mol. The molecule has 0 spiro atoms. The minimum absolute atomic E-state index is 0.0674. The molecule has 1 aliphatic heterocycles. The van der Waals surface area contributed by atoms with E-state index in [9.17, 15) is 34.6 Å². The molecule has 0 aliphatic carbocycles. The van der Waals surface area contributed by atoms with E-state index in [-0.39, 0.29) is 22.2 Å². The van der Waals surface area contributed by atoms with Gasteiger partial charge in [0.25, 0.3) is 16.8 Å². The zero-order valence-corrected chi connectivity index (χ0v) is 22.7. The Morgan fingerprint density at radius 3 is 2.37 bits per heavy atom. The van der Waals surface area contributed by atoms with E-state index in [1.165, 1.54) is 31.4 Å². The maximum Gasteiger partial charge on any atom is 0.318 e. The number of anilines is 1. The van der Waals surface area contributed by atoms with Gasteiger partial charge in [-0.2, -0.15) is 0 Å². The van der Waals surface area contributed by atoms with Gasteiger partial charge in [-0.15, -0.1) is 0 Å².